The van der Waals surface area contributed by atoms with Crippen LogP contribution in [0.4, 0.5) is 5.00 Å². The van der Waals surface area contributed by atoms with E-state index in [1.807, 2.05) is 0 Å². The zero-order valence-corrected chi connectivity index (χ0v) is 16.8. The molecule has 0 radical (unpaired) electrons. The molecule has 0 saturated heterocycles. The number of amides is 1. The van der Waals surface area contributed by atoms with E-state index in [0.717, 1.165) is 11.5 Å². The van der Waals surface area contributed by atoms with E-state index >= 15 is 0 Å². The molecule has 10 nitrogen and oxygen atoms in total. The van der Waals surface area contributed by atoms with Gasteiger partial charge in [0.05, 0.1) is 33.3 Å². The molecule has 0 atom stereocenters. The number of hydrogen-bond donors (Lipinski definition) is 1. The molecule has 2 aromatic heterocycles. The second-order valence-electron chi connectivity index (χ2n) is 5.84. The molecule has 3 aromatic rings. The first-order valence-electron chi connectivity index (χ1n) is 8.29. The molecule has 0 aliphatic heterocycles. The quantitative estimate of drug-likeness (QED) is 0.470. The maximum atomic E-state index is 12.5. The van der Waals surface area contributed by atoms with Crippen LogP contribution in [0.2, 0.25) is 0 Å². The smallest absolute Gasteiger partial charge is 0.361 e. The van der Waals surface area contributed by atoms with Crippen LogP contribution in [0.3, 0.4) is 0 Å². The minimum atomic E-state index is -0.725. The molecule has 0 unspecified atom stereocenters. The van der Waals surface area contributed by atoms with Gasteiger partial charge in [0.1, 0.15) is 0 Å². The van der Waals surface area contributed by atoms with Gasteiger partial charge in [-0.2, -0.15) is 0 Å². The Labute approximate surface area is 168 Å². The number of carbonyl (C=O) groups is 2. The molecule has 0 aliphatic rings. The number of nitrogens with zero attached hydrogens (tertiary/aromatic N) is 2. The van der Waals surface area contributed by atoms with Crippen LogP contribution in [-0.2, 0) is 16.0 Å². The van der Waals surface area contributed by atoms with Crippen molar-refractivity contribution in [2.45, 2.75) is 13.3 Å². The molecule has 1 amide bonds. The molecule has 2 heterocycles. The van der Waals surface area contributed by atoms with Crippen molar-refractivity contribution in [3.8, 4) is 11.5 Å². The highest BCUT2D eigenvalue weighted by Crippen LogP contribution is 2.36. The van der Waals surface area contributed by atoms with E-state index in [4.69, 9.17) is 13.9 Å². The topological polar surface area (TPSA) is 130 Å². The summed E-state index contributed by atoms with van der Waals surface area (Å²) in [5.74, 6) is -0.548. The van der Waals surface area contributed by atoms with Gasteiger partial charge in [-0.05, 0) is 24.6 Å². The number of nitrogens with one attached hydrogen (secondary N) is 1. The van der Waals surface area contributed by atoms with Crippen LogP contribution in [0.15, 0.2) is 21.3 Å². The summed E-state index contributed by atoms with van der Waals surface area (Å²) in [6.07, 6.45) is -0.267. The van der Waals surface area contributed by atoms with Gasteiger partial charge in [-0.15, -0.1) is 5.10 Å². The largest absolute Gasteiger partial charge is 0.493 e. The maximum Gasteiger partial charge on any atom is 0.361 e. The molecule has 0 bridgehead atoms. The van der Waals surface area contributed by atoms with E-state index in [2.05, 4.69) is 19.6 Å². The first-order valence-corrected chi connectivity index (χ1v) is 9.06. The lowest BCUT2D eigenvalue weighted by Crippen LogP contribution is -2.21. The highest BCUT2D eigenvalue weighted by atomic mass is 32.1. The van der Waals surface area contributed by atoms with Crippen LogP contribution in [0.1, 0.15) is 21.6 Å². The second-order valence-corrected chi connectivity index (χ2v) is 6.59. The number of aromatic nitrogens is 2. The standard InChI is InChI=1S/C18H17N3O7S/c1-8-9-5-6-11(25-2)15(26-3)14(9)28-17(23)10(8)7-12(22)19-16-13(18(24)27-4)20-21-29-16/h5-6H,7H2,1-4H3,(H,19,22). The number of aryl methyl sites for hydroxylation is 1. The third-order valence-corrected chi connectivity index (χ3v) is 4.90. The van der Waals surface area contributed by atoms with Crippen molar-refractivity contribution in [3.63, 3.8) is 0 Å². The summed E-state index contributed by atoms with van der Waals surface area (Å²) >= 11 is 0.826. The Kier molecular flexibility index (Phi) is 5.78. The predicted molar refractivity (Wildman–Crippen MR) is 104 cm³/mol. The number of rotatable bonds is 6. The van der Waals surface area contributed by atoms with Crippen molar-refractivity contribution in [2.24, 2.45) is 0 Å². The predicted octanol–water partition coefficient (Wildman–Crippen LogP) is 1.94. The molecule has 29 heavy (non-hydrogen) atoms. The summed E-state index contributed by atoms with van der Waals surface area (Å²) in [7, 11) is 4.11. The summed E-state index contributed by atoms with van der Waals surface area (Å²) in [6, 6.07) is 3.41. The fourth-order valence-electron chi connectivity index (χ4n) is 2.80. The van der Waals surface area contributed by atoms with E-state index in [1.165, 1.54) is 21.3 Å². The van der Waals surface area contributed by atoms with Crippen molar-refractivity contribution >= 4 is 39.4 Å². The Morgan fingerprint density at radius 3 is 2.62 bits per heavy atom. The second kappa shape index (κ2) is 8.27. The van der Waals surface area contributed by atoms with Crippen molar-refractivity contribution in [1.82, 2.24) is 9.59 Å². The van der Waals surface area contributed by atoms with Gasteiger partial charge in [0.25, 0.3) is 0 Å². The molecular formula is C18H17N3O7S. The molecule has 11 heteroatoms. The average Bonchev–Trinajstić information content (AvgIpc) is 3.17. The number of carbonyl (C=O) groups excluding carboxylic acids is 2. The first kappa shape index (κ1) is 20.3. The van der Waals surface area contributed by atoms with Crippen LogP contribution < -0.4 is 20.4 Å². The molecule has 0 aliphatic carbocycles. The van der Waals surface area contributed by atoms with E-state index in [-0.39, 0.29) is 28.3 Å². The molecular weight excluding hydrogens is 402 g/mol. The molecule has 1 N–H and O–H groups in total. The summed E-state index contributed by atoms with van der Waals surface area (Å²) in [4.78, 5) is 36.7. The zero-order valence-electron chi connectivity index (χ0n) is 16.0. The summed E-state index contributed by atoms with van der Waals surface area (Å²) < 4.78 is 24.2. The van der Waals surface area contributed by atoms with Gasteiger partial charge < -0.3 is 23.9 Å². The fourth-order valence-corrected chi connectivity index (χ4v) is 3.38. The zero-order chi connectivity index (χ0) is 21.1. The van der Waals surface area contributed by atoms with Crippen molar-refractivity contribution in [3.05, 3.63) is 39.4 Å². The molecule has 0 fully saturated rings. The fraction of sp³-hybridized carbons (Fsp3) is 0.278. The van der Waals surface area contributed by atoms with E-state index < -0.39 is 17.5 Å². The highest BCUT2D eigenvalue weighted by Gasteiger charge is 2.22. The summed E-state index contributed by atoms with van der Waals surface area (Å²) in [5, 5.41) is 6.90. The van der Waals surface area contributed by atoms with Gasteiger partial charge >= 0.3 is 11.6 Å². The lowest BCUT2D eigenvalue weighted by atomic mass is 10.0. The lowest BCUT2D eigenvalue weighted by molar-refractivity contribution is -0.115. The molecule has 3 rings (SSSR count). The van der Waals surface area contributed by atoms with E-state index in [1.54, 1.807) is 19.1 Å². The number of esters is 1. The molecule has 0 spiro atoms. The Morgan fingerprint density at radius 1 is 1.21 bits per heavy atom. The maximum absolute atomic E-state index is 12.5. The number of fused-ring (bicyclic) bond motifs is 1. The molecule has 0 saturated carbocycles. The first-order chi connectivity index (χ1) is 13.9. The van der Waals surface area contributed by atoms with E-state index in [9.17, 15) is 14.4 Å². The number of benzene rings is 1. The average molecular weight is 419 g/mol. The normalized spacial score (nSPS) is 10.6. The summed E-state index contributed by atoms with van der Waals surface area (Å²) in [5.41, 5.74) is 0.206. The van der Waals surface area contributed by atoms with Crippen LogP contribution >= 0.6 is 11.5 Å². The minimum Gasteiger partial charge on any atom is -0.493 e. The Morgan fingerprint density at radius 2 is 1.97 bits per heavy atom. The van der Waals surface area contributed by atoms with Crippen molar-refractivity contribution in [2.75, 3.05) is 26.6 Å². The van der Waals surface area contributed by atoms with Gasteiger partial charge in [0, 0.05) is 16.9 Å². The third kappa shape index (κ3) is 3.76. The Bertz CT molecular complexity index is 1150. The SMILES string of the molecule is COC(=O)c1nnsc1NC(=O)Cc1c(C)c2ccc(OC)c(OC)c2oc1=O. The van der Waals surface area contributed by atoms with Crippen LogP contribution in [0.5, 0.6) is 11.5 Å². The van der Waals surface area contributed by atoms with Gasteiger partial charge in [-0.25, -0.2) is 9.59 Å². The molecule has 1 aromatic carbocycles. The van der Waals surface area contributed by atoms with Gasteiger partial charge in [0.2, 0.25) is 17.4 Å². The highest BCUT2D eigenvalue weighted by molar-refractivity contribution is 7.10. The van der Waals surface area contributed by atoms with Gasteiger partial charge in [-0.3, -0.25) is 4.79 Å². The van der Waals surface area contributed by atoms with Crippen molar-refractivity contribution in [1.29, 1.82) is 0 Å². The van der Waals surface area contributed by atoms with Crippen LogP contribution in [-0.4, -0.2) is 42.8 Å². The monoisotopic (exact) mass is 419 g/mol. The lowest BCUT2D eigenvalue weighted by Gasteiger charge is -2.12. The minimum absolute atomic E-state index is 0.107. The Balaban J connectivity index is 1.95. The van der Waals surface area contributed by atoms with Crippen LogP contribution in [0, 0.1) is 6.92 Å². The van der Waals surface area contributed by atoms with Crippen molar-refractivity contribution < 1.29 is 28.2 Å². The number of ether oxygens (including phenoxy) is 3. The van der Waals surface area contributed by atoms with Gasteiger partial charge in [0.15, 0.2) is 16.3 Å². The third-order valence-electron chi connectivity index (χ3n) is 4.25. The number of methoxy groups -OCH3 is 3. The number of anilines is 1. The van der Waals surface area contributed by atoms with E-state index in [0.29, 0.717) is 22.4 Å². The van der Waals surface area contributed by atoms with Crippen LogP contribution in [0.25, 0.3) is 11.0 Å². The number of hydrogen-bond acceptors (Lipinski definition) is 10. The molecule has 152 valence electrons. The summed E-state index contributed by atoms with van der Waals surface area (Å²) in [6.45, 7) is 1.71. The Hall–Kier alpha value is -3.47. The van der Waals surface area contributed by atoms with Gasteiger partial charge in [-0.1, -0.05) is 4.49 Å².